The van der Waals surface area contributed by atoms with Crippen molar-refractivity contribution in [2.24, 2.45) is 0 Å². The molecule has 0 bridgehead atoms. The van der Waals surface area contributed by atoms with Gasteiger partial charge in [-0.3, -0.25) is 4.79 Å². The van der Waals surface area contributed by atoms with E-state index in [2.05, 4.69) is 5.32 Å². The second-order valence-corrected chi connectivity index (χ2v) is 4.76. The number of carbonyl (C=O) groups is 2. The zero-order valence-corrected chi connectivity index (χ0v) is 10.9. The Bertz CT molecular complexity index is 297. The molecule has 1 heterocycles. The van der Waals surface area contributed by atoms with Gasteiger partial charge in [-0.15, -0.1) is 0 Å². The lowest BCUT2D eigenvalue weighted by Crippen LogP contribution is -2.55. The van der Waals surface area contributed by atoms with Crippen LogP contribution in [0.4, 0.5) is 0 Å². The Morgan fingerprint density at radius 2 is 2.22 bits per heavy atom. The molecule has 1 aliphatic rings. The van der Waals surface area contributed by atoms with Crippen molar-refractivity contribution >= 4 is 11.9 Å². The van der Waals surface area contributed by atoms with E-state index in [0.717, 1.165) is 0 Å². The lowest BCUT2D eigenvalue weighted by molar-refractivity contribution is -0.147. The van der Waals surface area contributed by atoms with Gasteiger partial charge in [-0.1, -0.05) is 0 Å². The standard InChI is InChI=1S/C12H21NO5/c1-9(2)18-6-3-4-10(14)13-12(11(15)16)5-7-17-8-12/h9H,3-8H2,1-2H3,(H,13,14)(H,15,16). The summed E-state index contributed by atoms with van der Waals surface area (Å²) in [7, 11) is 0. The maximum Gasteiger partial charge on any atom is 0.331 e. The number of hydrogen-bond donors (Lipinski definition) is 2. The van der Waals surface area contributed by atoms with Gasteiger partial charge in [0.15, 0.2) is 5.54 Å². The SMILES string of the molecule is CC(C)OCCCC(=O)NC1(C(=O)O)CCOC1. The Morgan fingerprint density at radius 3 is 2.72 bits per heavy atom. The van der Waals surface area contributed by atoms with E-state index in [9.17, 15) is 9.59 Å². The van der Waals surface area contributed by atoms with E-state index in [1.165, 1.54) is 0 Å². The van der Waals surface area contributed by atoms with Gasteiger partial charge in [0, 0.05) is 26.1 Å². The quantitative estimate of drug-likeness (QED) is 0.652. The molecule has 1 amide bonds. The monoisotopic (exact) mass is 259 g/mol. The van der Waals surface area contributed by atoms with Gasteiger partial charge in [-0.2, -0.15) is 0 Å². The summed E-state index contributed by atoms with van der Waals surface area (Å²) in [4.78, 5) is 22.8. The molecule has 104 valence electrons. The first-order valence-corrected chi connectivity index (χ1v) is 6.20. The van der Waals surface area contributed by atoms with Gasteiger partial charge in [-0.25, -0.2) is 4.79 Å². The van der Waals surface area contributed by atoms with Crippen LogP contribution in [0, 0.1) is 0 Å². The fraction of sp³-hybridized carbons (Fsp3) is 0.833. The van der Waals surface area contributed by atoms with E-state index in [0.29, 0.717) is 26.1 Å². The minimum atomic E-state index is -1.24. The molecule has 6 heteroatoms. The molecule has 1 fully saturated rings. The maximum atomic E-state index is 11.7. The summed E-state index contributed by atoms with van der Waals surface area (Å²) < 4.78 is 10.4. The highest BCUT2D eigenvalue weighted by Crippen LogP contribution is 2.19. The molecule has 0 radical (unpaired) electrons. The first-order chi connectivity index (χ1) is 8.46. The molecule has 0 aromatic carbocycles. The van der Waals surface area contributed by atoms with E-state index in [1.807, 2.05) is 13.8 Å². The molecule has 1 unspecified atom stereocenters. The fourth-order valence-corrected chi connectivity index (χ4v) is 1.77. The lowest BCUT2D eigenvalue weighted by atomic mass is 9.99. The molecule has 0 spiro atoms. The number of nitrogens with one attached hydrogen (secondary N) is 1. The van der Waals surface area contributed by atoms with Crippen LogP contribution in [0.1, 0.15) is 33.1 Å². The van der Waals surface area contributed by atoms with E-state index in [1.54, 1.807) is 0 Å². The van der Waals surface area contributed by atoms with Crippen molar-refractivity contribution in [3.63, 3.8) is 0 Å². The van der Waals surface area contributed by atoms with Crippen molar-refractivity contribution in [3.05, 3.63) is 0 Å². The summed E-state index contributed by atoms with van der Waals surface area (Å²) in [5, 5.41) is 11.7. The van der Waals surface area contributed by atoms with Crippen molar-refractivity contribution in [2.45, 2.75) is 44.8 Å². The van der Waals surface area contributed by atoms with E-state index in [4.69, 9.17) is 14.6 Å². The van der Waals surface area contributed by atoms with Crippen molar-refractivity contribution in [1.29, 1.82) is 0 Å². The zero-order valence-electron chi connectivity index (χ0n) is 10.9. The number of hydrogen-bond acceptors (Lipinski definition) is 4. The van der Waals surface area contributed by atoms with Crippen LogP contribution in [0.5, 0.6) is 0 Å². The van der Waals surface area contributed by atoms with Gasteiger partial charge in [0.2, 0.25) is 5.91 Å². The van der Waals surface area contributed by atoms with Crippen LogP contribution < -0.4 is 5.32 Å². The maximum absolute atomic E-state index is 11.7. The number of ether oxygens (including phenoxy) is 2. The molecular weight excluding hydrogens is 238 g/mol. The summed E-state index contributed by atoms with van der Waals surface area (Å²) in [6.07, 6.45) is 1.31. The average Bonchev–Trinajstić information content (AvgIpc) is 2.74. The van der Waals surface area contributed by atoms with Crippen molar-refractivity contribution in [2.75, 3.05) is 19.8 Å². The number of aliphatic carboxylic acids is 1. The summed E-state index contributed by atoms with van der Waals surface area (Å²) in [6.45, 7) is 4.76. The van der Waals surface area contributed by atoms with E-state index in [-0.39, 0.29) is 25.0 Å². The lowest BCUT2D eigenvalue weighted by Gasteiger charge is -2.23. The molecular formula is C12H21NO5. The van der Waals surface area contributed by atoms with Gasteiger partial charge >= 0.3 is 5.97 Å². The summed E-state index contributed by atoms with van der Waals surface area (Å²) >= 11 is 0. The third-order valence-corrected chi connectivity index (χ3v) is 2.81. The van der Waals surface area contributed by atoms with Crippen LogP contribution in [0.3, 0.4) is 0 Å². The van der Waals surface area contributed by atoms with Gasteiger partial charge in [0.05, 0.1) is 12.7 Å². The molecule has 1 atom stereocenters. The minimum Gasteiger partial charge on any atom is -0.479 e. The molecule has 6 nitrogen and oxygen atoms in total. The zero-order chi connectivity index (χ0) is 13.6. The summed E-state index contributed by atoms with van der Waals surface area (Å²) in [5.41, 5.74) is -1.24. The Hall–Kier alpha value is -1.14. The smallest absolute Gasteiger partial charge is 0.331 e. The van der Waals surface area contributed by atoms with Gasteiger partial charge in [0.1, 0.15) is 0 Å². The molecule has 1 aliphatic heterocycles. The molecule has 18 heavy (non-hydrogen) atoms. The van der Waals surface area contributed by atoms with E-state index < -0.39 is 11.5 Å². The number of rotatable bonds is 7. The first kappa shape index (κ1) is 14.9. The van der Waals surface area contributed by atoms with Crippen molar-refractivity contribution in [3.8, 4) is 0 Å². The molecule has 2 N–H and O–H groups in total. The molecule has 1 rings (SSSR count). The third kappa shape index (κ3) is 4.27. The first-order valence-electron chi connectivity index (χ1n) is 6.20. The second kappa shape index (κ2) is 6.70. The van der Waals surface area contributed by atoms with E-state index >= 15 is 0 Å². The number of carboxylic acid groups (broad SMARTS) is 1. The molecule has 0 saturated carbocycles. The second-order valence-electron chi connectivity index (χ2n) is 4.76. The van der Waals surface area contributed by atoms with Crippen molar-refractivity contribution < 1.29 is 24.2 Å². The van der Waals surface area contributed by atoms with Crippen LogP contribution >= 0.6 is 0 Å². The highest BCUT2D eigenvalue weighted by Gasteiger charge is 2.43. The third-order valence-electron chi connectivity index (χ3n) is 2.81. The number of amides is 1. The Morgan fingerprint density at radius 1 is 1.50 bits per heavy atom. The van der Waals surface area contributed by atoms with Crippen molar-refractivity contribution in [1.82, 2.24) is 5.32 Å². The van der Waals surface area contributed by atoms with Crippen LogP contribution in [0.2, 0.25) is 0 Å². The predicted octanol–water partition coefficient (Wildman–Crippen LogP) is 0.551. The highest BCUT2D eigenvalue weighted by molar-refractivity contribution is 5.87. The predicted molar refractivity (Wildman–Crippen MR) is 64.3 cm³/mol. The van der Waals surface area contributed by atoms with Gasteiger partial charge < -0.3 is 19.9 Å². The normalized spacial score (nSPS) is 23.3. The molecule has 0 aromatic rings. The number of carboxylic acids is 1. The topological polar surface area (TPSA) is 84.9 Å². The Balaban J connectivity index is 2.32. The van der Waals surface area contributed by atoms with Crippen LogP contribution in [-0.4, -0.2) is 48.4 Å². The Labute approximate surface area is 107 Å². The molecule has 1 saturated heterocycles. The van der Waals surface area contributed by atoms with Gasteiger partial charge in [0.25, 0.3) is 0 Å². The van der Waals surface area contributed by atoms with Crippen LogP contribution in [0.25, 0.3) is 0 Å². The largest absolute Gasteiger partial charge is 0.479 e. The number of carbonyl (C=O) groups excluding carboxylic acids is 1. The van der Waals surface area contributed by atoms with Crippen LogP contribution in [-0.2, 0) is 19.1 Å². The molecule has 0 aliphatic carbocycles. The van der Waals surface area contributed by atoms with Gasteiger partial charge in [-0.05, 0) is 20.3 Å². The summed E-state index contributed by atoms with van der Waals surface area (Å²) in [6, 6.07) is 0. The summed E-state index contributed by atoms with van der Waals surface area (Å²) in [5.74, 6) is -1.30. The average molecular weight is 259 g/mol. The van der Waals surface area contributed by atoms with Crippen LogP contribution in [0.15, 0.2) is 0 Å². The highest BCUT2D eigenvalue weighted by atomic mass is 16.5. The molecule has 0 aromatic heterocycles. The minimum absolute atomic E-state index is 0.0383. The fourth-order valence-electron chi connectivity index (χ4n) is 1.77. The Kier molecular flexibility index (Phi) is 5.55.